The number of benzene rings is 1. The second-order valence-corrected chi connectivity index (χ2v) is 7.63. The molecule has 0 amide bonds. The molecular formula is C14H20BrNO4S. The first kappa shape index (κ1) is 18.1. The van der Waals surface area contributed by atoms with E-state index in [1.807, 2.05) is 6.92 Å². The first-order chi connectivity index (χ1) is 9.66. The highest BCUT2D eigenvalue weighted by Gasteiger charge is 2.38. The number of carbonyl (C=O) groups excluding carboxylic acids is 1. The molecule has 1 atom stereocenters. The number of nitrogens with one attached hydrogen (secondary N) is 1. The number of hydrogen-bond acceptors (Lipinski definition) is 4. The summed E-state index contributed by atoms with van der Waals surface area (Å²) in [7, 11) is -2.56. The monoisotopic (exact) mass is 377 g/mol. The van der Waals surface area contributed by atoms with Gasteiger partial charge >= 0.3 is 5.97 Å². The lowest BCUT2D eigenvalue weighted by atomic mass is 9.98. The molecule has 1 unspecified atom stereocenters. The lowest BCUT2D eigenvalue weighted by Crippen LogP contribution is -2.52. The van der Waals surface area contributed by atoms with E-state index in [0.29, 0.717) is 12.8 Å². The predicted octanol–water partition coefficient (Wildman–Crippen LogP) is 2.77. The highest BCUT2D eigenvalue weighted by Crippen LogP contribution is 2.23. The lowest BCUT2D eigenvalue weighted by molar-refractivity contribution is -0.147. The van der Waals surface area contributed by atoms with E-state index in [4.69, 9.17) is 4.74 Å². The predicted molar refractivity (Wildman–Crippen MR) is 84.5 cm³/mol. The molecule has 0 aliphatic rings. The maximum absolute atomic E-state index is 12.5. The number of hydrogen-bond donors (Lipinski definition) is 1. The van der Waals surface area contributed by atoms with Gasteiger partial charge in [0.25, 0.3) is 0 Å². The summed E-state index contributed by atoms with van der Waals surface area (Å²) in [4.78, 5) is 12.0. The molecule has 21 heavy (non-hydrogen) atoms. The summed E-state index contributed by atoms with van der Waals surface area (Å²) in [5.41, 5.74) is -0.475. The Morgan fingerprint density at radius 2 is 2.05 bits per heavy atom. The van der Waals surface area contributed by atoms with Gasteiger partial charge in [0, 0.05) is 4.47 Å². The first-order valence-corrected chi connectivity index (χ1v) is 8.82. The Labute approximate surface area is 134 Å². The maximum atomic E-state index is 12.5. The Hall–Kier alpha value is -0.920. The second-order valence-electron chi connectivity index (χ2n) is 5.09. The van der Waals surface area contributed by atoms with Crippen molar-refractivity contribution in [2.24, 2.45) is 0 Å². The van der Waals surface area contributed by atoms with Gasteiger partial charge in [0.2, 0.25) is 10.0 Å². The van der Waals surface area contributed by atoms with Crippen molar-refractivity contribution < 1.29 is 17.9 Å². The molecule has 7 heteroatoms. The van der Waals surface area contributed by atoms with Crippen LogP contribution in [0, 0.1) is 6.92 Å². The summed E-state index contributed by atoms with van der Waals surface area (Å²) in [6, 6.07) is 4.71. The van der Waals surface area contributed by atoms with E-state index in [1.54, 1.807) is 19.1 Å². The van der Waals surface area contributed by atoms with Crippen LogP contribution >= 0.6 is 15.9 Å². The molecule has 0 spiro atoms. The number of rotatable bonds is 6. The van der Waals surface area contributed by atoms with Gasteiger partial charge in [-0.1, -0.05) is 29.3 Å². The zero-order valence-corrected chi connectivity index (χ0v) is 15.0. The van der Waals surface area contributed by atoms with Crippen molar-refractivity contribution in [3.63, 3.8) is 0 Å². The Morgan fingerprint density at radius 1 is 1.43 bits per heavy atom. The Kier molecular flexibility index (Phi) is 5.95. The molecule has 0 aliphatic carbocycles. The van der Waals surface area contributed by atoms with Gasteiger partial charge in [-0.05, 0) is 44.0 Å². The molecule has 1 aromatic rings. The maximum Gasteiger partial charge on any atom is 0.326 e. The van der Waals surface area contributed by atoms with Crippen LogP contribution in [-0.2, 0) is 19.6 Å². The molecule has 0 bridgehead atoms. The highest BCUT2D eigenvalue weighted by atomic mass is 79.9. The van der Waals surface area contributed by atoms with Crippen LogP contribution < -0.4 is 4.72 Å². The molecule has 0 aliphatic heterocycles. The van der Waals surface area contributed by atoms with Gasteiger partial charge in [0.1, 0.15) is 5.54 Å². The average Bonchev–Trinajstić information content (AvgIpc) is 2.40. The average molecular weight is 378 g/mol. The summed E-state index contributed by atoms with van der Waals surface area (Å²) in [5, 5.41) is 0. The van der Waals surface area contributed by atoms with Crippen LogP contribution in [0.1, 0.15) is 32.3 Å². The minimum Gasteiger partial charge on any atom is -0.468 e. The standard InChI is InChI=1S/C14H20BrNO4S/c1-5-8-14(3,13(17)20-4)16-21(18,19)11-6-7-12(15)10(2)9-11/h6-7,9,16H,5,8H2,1-4H3. The van der Waals surface area contributed by atoms with Crippen molar-refractivity contribution in [3.8, 4) is 0 Å². The first-order valence-electron chi connectivity index (χ1n) is 6.55. The van der Waals surface area contributed by atoms with Crippen LogP contribution in [0.5, 0.6) is 0 Å². The van der Waals surface area contributed by atoms with Crippen molar-refractivity contribution in [1.82, 2.24) is 4.72 Å². The molecule has 1 rings (SSSR count). The number of carbonyl (C=O) groups is 1. The number of methoxy groups -OCH3 is 1. The normalized spacial score (nSPS) is 14.5. The molecule has 1 N–H and O–H groups in total. The summed E-state index contributed by atoms with van der Waals surface area (Å²) in [6.07, 6.45) is 1.00. The quantitative estimate of drug-likeness (QED) is 0.773. The Morgan fingerprint density at radius 3 is 2.52 bits per heavy atom. The summed E-state index contributed by atoms with van der Waals surface area (Å²) in [5.74, 6) is -0.596. The van der Waals surface area contributed by atoms with Crippen molar-refractivity contribution in [3.05, 3.63) is 28.2 Å². The third kappa shape index (κ3) is 4.28. The Bertz CT molecular complexity index is 630. The molecule has 0 saturated heterocycles. The van der Waals surface area contributed by atoms with Gasteiger partial charge in [0.05, 0.1) is 12.0 Å². The van der Waals surface area contributed by atoms with Gasteiger partial charge in [-0.15, -0.1) is 0 Å². The van der Waals surface area contributed by atoms with Crippen LogP contribution in [0.15, 0.2) is 27.6 Å². The van der Waals surface area contributed by atoms with Gasteiger partial charge < -0.3 is 4.74 Å². The summed E-state index contributed by atoms with van der Waals surface area (Å²) < 4.78 is 33.0. The molecular weight excluding hydrogens is 358 g/mol. The van der Waals surface area contributed by atoms with E-state index < -0.39 is 21.5 Å². The molecule has 1 aromatic carbocycles. The number of esters is 1. The molecule has 0 aromatic heterocycles. The third-order valence-corrected chi connectivity index (χ3v) is 5.67. The minimum atomic E-state index is -3.81. The molecule has 0 heterocycles. The van der Waals surface area contributed by atoms with Crippen LogP contribution in [0.4, 0.5) is 0 Å². The smallest absolute Gasteiger partial charge is 0.326 e. The zero-order chi connectivity index (χ0) is 16.3. The highest BCUT2D eigenvalue weighted by molar-refractivity contribution is 9.10. The van der Waals surface area contributed by atoms with Crippen molar-refractivity contribution >= 4 is 31.9 Å². The fraction of sp³-hybridized carbons (Fsp3) is 0.500. The Balaban J connectivity index is 3.17. The van der Waals surface area contributed by atoms with E-state index >= 15 is 0 Å². The van der Waals surface area contributed by atoms with E-state index in [-0.39, 0.29) is 4.90 Å². The molecule has 0 saturated carbocycles. The zero-order valence-electron chi connectivity index (χ0n) is 12.6. The number of ether oxygens (including phenoxy) is 1. The van der Waals surface area contributed by atoms with E-state index in [1.165, 1.54) is 20.1 Å². The van der Waals surface area contributed by atoms with Gasteiger partial charge in [-0.25, -0.2) is 8.42 Å². The van der Waals surface area contributed by atoms with Crippen molar-refractivity contribution in [2.45, 2.75) is 44.0 Å². The number of sulfonamides is 1. The fourth-order valence-corrected chi connectivity index (χ4v) is 3.78. The van der Waals surface area contributed by atoms with Crippen LogP contribution in [0.2, 0.25) is 0 Å². The van der Waals surface area contributed by atoms with Gasteiger partial charge in [-0.3, -0.25) is 4.79 Å². The number of aryl methyl sites for hydroxylation is 1. The molecule has 0 fully saturated rings. The third-order valence-electron chi connectivity index (χ3n) is 3.19. The fourth-order valence-electron chi connectivity index (χ4n) is 2.06. The van der Waals surface area contributed by atoms with Crippen LogP contribution in [0.3, 0.4) is 0 Å². The van der Waals surface area contributed by atoms with E-state index in [9.17, 15) is 13.2 Å². The molecule has 0 radical (unpaired) electrons. The van der Waals surface area contributed by atoms with E-state index in [2.05, 4.69) is 20.7 Å². The van der Waals surface area contributed by atoms with Crippen LogP contribution in [-0.4, -0.2) is 27.0 Å². The van der Waals surface area contributed by atoms with Crippen molar-refractivity contribution in [2.75, 3.05) is 7.11 Å². The number of halogens is 1. The van der Waals surface area contributed by atoms with Crippen molar-refractivity contribution in [1.29, 1.82) is 0 Å². The van der Waals surface area contributed by atoms with Gasteiger partial charge in [-0.2, -0.15) is 4.72 Å². The molecule has 5 nitrogen and oxygen atoms in total. The summed E-state index contributed by atoms with van der Waals surface area (Å²) in [6.45, 7) is 5.21. The topological polar surface area (TPSA) is 72.5 Å². The van der Waals surface area contributed by atoms with E-state index in [0.717, 1.165) is 10.0 Å². The summed E-state index contributed by atoms with van der Waals surface area (Å²) >= 11 is 3.33. The SMILES string of the molecule is CCCC(C)(NS(=O)(=O)c1ccc(Br)c(C)c1)C(=O)OC. The van der Waals surface area contributed by atoms with Crippen LogP contribution in [0.25, 0.3) is 0 Å². The molecule has 118 valence electrons. The lowest BCUT2D eigenvalue weighted by Gasteiger charge is -2.27. The second kappa shape index (κ2) is 6.89. The minimum absolute atomic E-state index is 0.120. The largest absolute Gasteiger partial charge is 0.468 e. The van der Waals surface area contributed by atoms with Gasteiger partial charge in [0.15, 0.2) is 0 Å².